The zero-order valence-electron chi connectivity index (χ0n) is 10.3. The van der Waals surface area contributed by atoms with Crippen molar-refractivity contribution in [3.8, 4) is 6.07 Å². The standard InChI is InChI=1S/C12H10ClN5O/c1-7-3-8(4-10(13)15-7)12(19)16-11-9(5-14)6-18(2)17-11/h3-4,6H,1-2H3,(H,16,17,19). The molecule has 2 aromatic heterocycles. The van der Waals surface area contributed by atoms with Crippen molar-refractivity contribution in [2.45, 2.75) is 6.92 Å². The molecule has 0 aromatic carbocycles. The molecule has 6 nitrogen and oxygen atoms in total. The maximum absolute atomic E-state index is 12.0. The largest absolute Gasteiger partial charge is 0.304 e. The Bertz CT molecular complexity index is 666. The van der Waals surface area contributed by atoms with Crippen LogP contribution in [0.3, 0.4) is 0 Å². The first kappa shape index (κ1) is 13.1. The van der Waals surface area contributed by atoms with E-state index in [9.17, 15) is 4.79 Å². The summed E-state index contributed by atoms with van der Waals surface area (Å²) in [5.74, 6) is -0.164. The average molecular weight is 276 g/mol. The summed E-state index contributed by atoms with van der Waals surface area (Å²) in [6, 6.07) is 5.02. The summed E-state index contributed by atoms with van der Waals surface area (Å²) in [5, 5.41) is 15.7. The van der Waals surface area contributed by atoms with E-state index in [4.69, 9.17) is 16.9 Å². The molecule has 0 aliphatic carbocycles. The Morgan fingerprint density at radius 3 is 2.89 bits per heavy atom. The lowest BCUT2D eigenvalue weighted by Crippen LogP contribution is -2.13. The highest BCUT2D eigenvalue weighted by Crippen LogP contribution is 2.15. The van der Waals surface area contributed by atoms with Gasteiger partial charge in [-0.3, -0.25) is 9.48 Å². The van der Waals surface area contributed by atoms with Crippen molar-refractivity contribution in [3.63, 3.8) is 0 Å². The first-order valence-electron chi connectivity index (χ1n) is 5.39. The van der Waals surface area contributed by atoms with Crippen LogP contribution in [-0.2, 0) is 7.05 Å². The van der Waals surface area contributed by atoms with E-state index in [2.05, 4.69) is 15.4 Å². The molecule has 19 heavy (non-hydrogen) atoms. The van der Waals surface area contributed by atoms with Crippen molar-refractivity contribution in [1.82, 2.24) is 14.8 Å². The van der Waals surface area contributed by atoms with E-state index in [0.717, 1.165) is 0 Å². The average Bonchev–Trinajstić information content (AvgIpc) is 2.68. The maximum Gasteiger partial charge on any atom is 0.257 e. The molecule has 0 bridgehead atoms. The molecule has 0 radical (unpaired) electrons. The number of hydrogen-bond donors (Lipinski definition) is 1. The Hall–Kier alpha value is -2.39. The van der Waals surface area contributed by atoms with E-state index < -0.39 is 0 Å². The number of pyridine rings is 1. The number of rotatable bonds is 2. The third-order valence-corrected chi connectivity index (χ3v) is 2.56. The second-order valence-electron chi connectivity index (χ2n) is 3.95. The molecule has 2 heterocycles. The van der Waals surface area contributed by atoms with Crippen LogP contribution in [0.1, 0.15) is 21.6 Å². The highest BCUT2D eigenvalue weighted by Gasteiger charge is 2.13. The van der Waals surface area contributed by atoms with Gasteiger partial charge in [0.2, 0.25) is 0 Å². The van der Waals surface area contributed by atoms with Crippen LogP contribution in [0.2, 0.25) is 5.15 Å². The van der Waals surface area contributed by atoms with E-state index in [1.807, 2.05) is 6.07 Å². The smallest absolute Gasteiger partial charge is 0.257 e. The van der Waals surface area contributed by atoms with Crippen LogP contribution in [0, 0.1) is 18.3 Å². The van der Waals surface area contributed by atoms with Crippen molar-refractivity contribution in [3.05, 3.63) is 40.3 Å². The normalized spacial score (nSPS) is 10.0. The highest BCUT2D eigenvalue weighted by atomic mass is 35.5. The maximum atomic E-state index is 12.0. The number of carbonyl (C=O) groups is 1. The molecule has 0 atom stereocenters. The minimum absolute atomic E-state index is 0.223. The number of aryl methyl sites for hydroxylation is 2. The minimum atomic E-state index is -0.386. The van der Waals surface area contributed by atoms with Gasteiger partial charge in [0.1, 0.15) is 16.8 Å². The van der Waals surface area contributed by atoms with E-state index in [-0.39, 0.29) is 16.9 Å². The predicted molar refractivity (Wildman–Crippen MR) is 69.9 cm³/mol. The molecule has 2 aromatic rings. The number of carbonyl (C=O) groups excluding carboxylic acids is 1. The van der Waals surface area contributed by atoms with Gasteiger partial charge in [-0.25, -0.2) is 4.98 Å². The van der Waals surface area contributed by atoms with Crippen LogP contribution in [0.25, 0.3) is 0 Å². The van der Waals surface area contributed by atoms with Crippen LogP contribution in [-0.4, -0.2) is 20.7 Å². The SMILES string of the molecule is Cc1cc(C(=O)Nc2nn(C)cc2C#N)cc(Cl)n1. The molecule has 2 rings (SSSR count). The van der Waals surface area contributed by atoms with E-state index in [1.54, 1.807) is 20.0 Å². The molecule has 96 valence electrons. The predicted octanol–water partition coefficient (Wildman–Crippen LogP) is 1.90. The van der Waals surface area contributed by atoms with Crippen molar-refractivity contribution in [2.24, 2.45) is 7.05 Å². The summed E-state index contributed by atoms with van der Waals surface area (Å²) in [7, 11) is 1.67. The first-order chi connectivity index (χ1) is 8.99. The van der Waals surface area contributed by atoms with Gasteiger partial charge in [0, 0.05) is 24.5 Å². The summed E-state index contributed by atoms with van der Waals surface area (Å²) in [4.78, 5) is 16.0. The van der Waals surface area contributed by atoms with Gasteiger partial charge in [-0.1, -0.05) is 11.6 Å². The third kappa shape index (κ3) is 2.89. The summed E-state index contributed by atoms with van der Waals surface area (Å²) in [6.45, 7) is 1.74. The van der Waals surface area contributed by atoms with Crippen LogP contribution in [0.5, 0.6) is 0 Å². The van der Waals surface area contributed by atoms with Crippen LogP contribution in [0.15, 0.2) is 18.3 Å². The van der Waals surface area contributed by atoms with Gasteiger partial charge in [0.15, 0.2) is 5.82 Å². The molecule has 0 aliphatic rings. The van der Waals surface area contributed by atoms with Gasteiger partial charge in [0.25, 0.3) is 5.91 Å². The van der Waals surface area contributed by atoms with Gasteiger partial charge in [-0.05, 0) is 19.1 Å². The van der Waals surface area contributed by atoms with Crippen LogP contribution >= 0.6 is 11.6 Å². The van der Waals surface area contributed by atoms with Crippen molar-refractivity contribution in [1.29, 1.82) is 5.26 Å². The molecule has 0 saturated carbocycles. The van der Waals surface area contributed by atoms with Gasteiger partial charge in [-0.15, -0.1) is 0 Å². The fraction of sp³-hybridized carbons (Fsp3) is 0.167. The molecule has 1 amide bonds. The minimum Gasteiger partial charge on any atom is -0.304 e. The zero-order chi connectivity index (χ0) is 14.0. The second-order valence-corrected chi connectivity index (χ2v) is 4.34. The lowest BCUT2D eigenvalue weighted by Gasteiger charge is -2.04. The fourth-order valence-electron chi connectivity index (χ4n) is 1.60. The lowest BCUT2D eigenvalue weighted by atomic mass is 10.2. The number of amides is 1. The number of nitriles is 1. The van der Waals surface area contributed by atoms with Crippen LogP contribution < -0.4 is 5.32 Å². The Kier molecular flexibility index (Phi) is 3.49. The molecule has 7 heteroatoms. The first-order valence-corrected chi connectivity index (χ1v) is 5.76. The van der Waals surface area contributed by atoms with Crippen LogP contribution in [0.4, 0.5) is 5.82 Å². The second kappa shape index (κ2) is 5.08. The van der Waals surface area contributed by atoms with E-state index in [1.165, 1.54) is 16.9 Å². The van der Waals surface area contributed by atoms with E-state index in [0.29, 0.717) is 16.8 Å². The number of halogens is 1. The molecule has 0 fully saturated rings. The quantitative estimate of drug-likeness (QED) is 0.849. The summed E-state index contributed by atoms with van der Waals surface area (Å²) in [6.07, 6.45) is 1.53. The van der Waals surface area contributed by atoms with Gasteiger partial charge >= 0.3 is 0 Å². The number of aromatic nitrogens is 3. The number of nitrogens with zero attached hydrogens (tertiary/aromatic N) is 4. The molecule has 0 unspecified atom stereocenters. The third-order valence-electron chi connectivity index (χ3n) is 2.37. The molecular formula is C12H10ClN5O. The van der Waals surface area contributed by atoms with Crippen molar-refractivity contribution < 1.29 is 4.79 Å². The number of hydrogen-bond acceptors (Lipinski definition) is 4. The number of anilines is 1. The Morgan fingerprint density at radius 1 is 1.53 bits per heavy atom. The van der Waals surface area contributed by atoms with Gasteiger partial charge < -0.3 is 5.32 Å². The summed E-state index contributed by atoms with van der Waals surface area (Å²) in [5.41, 5.74) is 1.30. The number of nitrogens with one attached hydrogen (secondary N) is 1. The highest BCUT2D eigenvalue weighted by molar-refractivity contribution is 6.29. The Labute approximate surface area is 114 Å². The van der Waals surface area contributed by atoms with E-state index >= 15 is 0 Å². The lowest BCUT2D eigenvalue weighted by molar-refractivity contribution is 0.102. The molecular weight excluding hydrogens is 266 g/mol. The molecule has 0 saturated heterocycles. The zero-order valence-corrected chi connectivity index (χ0v) is 11.1. The summed E-state index contributed by atoms with van der Waals surface area (Å²) >= 11 is 5.80. The van der Waals surface area contributed by atoms with Gasteiger partial charge in [-0.2, -0.15) is 10.4 Å². The topological polar surface area (TPSA) is 83.6 Å². The Morgan fingerprint density at radius 2 is 2.26 bits per heavy atom. The molecule has 1 N–H and O–H groups in total. The van der Waals surface area contributed by atoms with Crippen molar-refractivity contribution in [2.75, 3.05) is 5.32 Å². The Balaban J connectivity index is 2.28. The fourth-order valence-corrected chi connectivity index (χ4v) is 1.85. The summed E-state index contributed by atoms with van der Waals surface area (Å²) < 4.78 is 1.46. The van der Waals surface area contributed by atoms with Gasteiger partial charge in [0.05, 0.1) is 0 Å². The molecule has 0 spiro atoms. The van der Waals surface area contributed by atoms with Crippen molar-refractivity contribution >= 4 is 23.3 Å². The molecule has 0 aliphatic heterocycles. The monoisotopic (exact) mass is 275 g/mol.